The van der Waals surface area contributed by atoms with Gasteiger partial charge in [-0.1, -0.05) is 18.2 Å². The molecular weight excluding hydrogens is 296 g/mol. The van der Waals surface area contributed by atoms with Gasteiger partial charge in [0.15, 0.2) is 11.5 Å². The van der Waals surface area contributed by atoms with Crippen LogP contribution in [0.4, 0.5) is 4.79 Å². The van der Waals surface area contributed by atoms with E-state index in [0.717, 1.165) is 22.6 Å². The molecule has 0 bridgehead atoms. The second-order valence-corrected chi connectivity index (χ2v) is 5.07. The Hall–Kier alpha value is -2.89. The lowest BCUT2D eigenvalue weighted by atomic mass is 10.2. The highest BCUT2D eigenvalue weighted by atomic mass is 16.7. The van der Waals surface area contributed by atoms with Crippen LogP contribution in [0.2, 0.25) is 0 Å². The molecule has 0 unspecified atom stereocenters. The molecule has 6 nitrogen and oxygen atoms in total. The molecule has 1 heterocycles. The molecule has 0 radical (unpaired) electrons. The van der Waals surface area contributed by atoms with Gasteiger partial charge in [0, 0.05) is 13.1 Å². The maximum Gasteiger partial charge on any atom is 0.315 e. The number of hydrogen-bond acceptors (Lipinski definition) is 4. The molecule has 0 fully saturated rings. The summed E-state index contributed by atoms with van der Waals surface area (Å²) >= 11 is 0. The van der Waals surface area contributed by atoms with Gasteiger partial charge in [-0.15, -0.1) is 0 Å². The van der Waals surface area contributed by atoms with Crippen LogP contribution >= 0.6 is 0 Å². The molecule has 23 heavy (non-hydrogen) atoms. The first-order valence-electron chi connectivity index (χ1n) is 7.28. The number of amides is 2. The number of benzene rings is 2. The van der Waals surface area contributed by atoms with Gasteiger partial charge in [0.2, 0.25) is 6.79 Å². The van der Waals surface area contributed by atoms with Gasteiger partial charge in [0.05, 0.1) is 7.11 Å². The van der Waals surface area contributed by atoms with Crippen molar-refractivity contribution in [3.63, 3.8) is 0 Å². The lowest BCUT2D eigenvalue weighted by molar-refractivity contribution is 0.174. The number of rotatable bonds is 5. The lowest BCUT2D eigenvalue weighted by Gasteiger charge is -2.09. The summed E-state index contributed by atoms with van der Waals surface area (Å²) in [5.74, 6) is 2.24. The lowest BCUT2D eigenvalue weighted by Crippen LogP contribution is -2.34. The van der Waals surface area contributed by atoms with Gasteiger partial charge in [-0.05, 0) is 35.4 Å². The Morgan fingerprint density at radius 3 is 2.39 bits per heavy atom. The van der Waals surface area contributed by atoms with Crippen molar-refractivity contribution < 1.29 is 19.0 Å². The summed E-state index contributed by atoms with van der Waals surface area (Å²) in [7, 11) is 1.62. The number of fused-ring (bicyclic) bond motifs is 1. The Balaban J connectivity index is 1.45. The minimum Gasteiger partial charge on any atom is -0.497 e. The highest BCUT2D eigenvalue weighted by Crippen LogP contribution is 2.32. The van der Waals surface area contributed by atoms with Gasteiger partial charge in [-0.3, -0.25) is 0 Å². The summed E-state index contributed by atoms with van der Waals surface area (Å²) in [5, 5.41) is 5.62. The smallest absolute Gasteiger partial charge is 0.315 e. The highest BCUT2D eigenvalue weighted by molar-refractivity contribution is 5.73. The monoisotopic (exact) mass is 314 g/mol. The van der Waals surface area contributed by atoms with Crippen LogP contribution in [0, 0.1) is 0 Å². The zero-order chi connectivity index (χ0) is 16.1. The van der Waals surface area contributed by atoms with Crippen LogP contribution in [0.25, 0.3) is 0 Å². The predicted octanol–water partition coefficient (Wildman–Crippen LogP) is 2.42. The highest BCUT2D eigenvalue weighted by Gasteiger charge is 2.13. The first-order valence-corrected chi connectivity index (χ1v) is 7.28. The number of nitrogens with one attached hydrogen (secondary N) is 2. The standard InChI is InChI=1S/C17H18N2O4/c1-21-14-5-2-12(3-6-14)9-18-17(20)19-10-13-4-7-15-16(8-13)23-11-22-15/h2-8H,9-11H2,1H3,(H2,18,19,20). The molecule has 1 aliphatic rings. The molecule has 2 aromatic rings. The molecule has 0 atom stereocenters. The first-order chi connectivity index (χ1) is 11.2. The summed E-state index contributed by atoms with van der Waals surface area (Å²) in [4.78, 5) is 11.8. The summed E-state index contributed by atoms with van der Waals surface area (Å²) in [5.41, 5.74) is 1.96. The number of carbonyl (C=O) groups is 1. The van der Waals surface area contributed by atoms with Crippen molar-refractivity contribution in [1.82, 2.24) is 10.6 Å². The van der Waals surface area contributed by atoms with Crippen LogP contribution < -0.4 is 24.8 Å². The topological polar surface area (TPSA) is 68.8 Å². The van der Waals surface area contributed by atoms with Gasteiger partial charge in [-0.2, -0.15) is 0 Å². The van der Waals surface area contributed by atoms with E-state index in [2.05, 4.69) is 10.6 Å². The van der Waals surface area contributed by atoms with Crippen molar-refractivity contribution in [3.05, 3.63) is 53.6 Å². The number of carbonyl (C=O) groups excluding carboxylic acids is 1. The minimum absolute atomic E-state index is 0.224. The van der Waals surface area contributed by atoms with E-state index in [1.807, 2.05) is 42.5 Å². The van der Waals surface area contributed by atoms with Crippen molar-refractivity contribution >= 4 is 6.03 Å². The largest absolute Gasteiger partial charge is 0.497 e. The van der Waals surface area contributed by atoms with Crippen molar-refractivity contribution in [1.29, 1.82) is 0 Å². The molecule has 0 aliphatic carbocycles. The van der Waals surface area contributed by atoms with Crippen molar-refractivity contribution in [2.45, 2.75) is 13.1 Å². The normalized spacial score (nSPS) is 11.9. The Morgan fingerprint density at radius 1 is 1.00 bits per heavy atom. The van der Waals surface area contributed by atoms with Crippen LogP contribution in [-0.4, -0.2) is 19.9 Å². The van der Waals surface area contributed by atoms with Crippen molar-refractivity contribution in [3.8, 4) is 17.2 Å². The van der Waals surface area contributed by atoms with E-state index in [1.165, 1.54) is 0 Å². The van der Waals surface area contributed by atoms with Crippen LogP contribution in [0.5, 0.6) is 17.2 Å². The van der Waals surface area contributed by atoms with Gasteiger partial charge >= 0.3 is 6.03 Å². The van der Waals surface area contributed by atoms with Gasteiger partial charge in [0.1, 0.15) is 5.75 Å². The summed E-state index contributed by atoms with van der Waals surface area (Å²) in [6.45, 7) is 1.12. The molecular formula is C17H18N2O4. The molecule has 0 spiro atoms. The Labute approximate surface area is 134 Å². The predicted molar refractivity (Wildman–Crippen MR) is 84.6 cm³/mol. The van der Waals surface area contributed by atoms with Crippen molar-refractivity contribution in [2.24, 2.45) is 0 Å². The fraction of sp³-hybridized carbons (Fsp3) is 0.235. The SMILES string of the molecule is COc1ccc(CNC(=O)NCc2ccc3c(c2)OCO3)cc1. The molecule has 2 aromatic carbocycles. The maximum absolute atomic E-state index is 11.8. The molecule has 1 aliphatic heterocycles. The van der Waals surface area contributed by atoms with Crippen LogP contribution in [-0.2, 0) is 13.1 Å². The van der Waals surface area contributed by atoms with Crippen LogP contribution in [0.1, 0.15) is 11.1 Å². The molecule has 0 saturated carbocycles. The van der Waals surface area contributed by atoms with Gasteiger partial charge in [0.25, 0.3) is 0 Å². The average molecular weight is 314 g/mol. The fourth-order valence-electron chi connectivity index (χ4n) is 2.22. The van der Waals surface area contributed by atoms with Gasteiger partial charge < -0.3 is 24.8 Å². The quantitative estimate of drug-likeness (QED) is 0.889. The van der Waals surface area contributed by atoms with Crippen LogP contribution in [0.3, 0.4) is 0 Å². The summed E-state index contributed by atoms with van der Waals surface area (Å²) in [6, 6.07) is 12.9. The van der Waals surface area contributed by atoms with E-state index in [-0.39, 0.29) is 12.8 Å². The molecule has 0 aromatic heterocycles. The third-order valence-electron chi connectivity index (χ3n) is 3.50. The first kappa shape index (κ1) is 15.0. The maximum atomic E-state index is 11.8. The van der Waals surface area contributed by atoms with E-state index < -0.39 is 0 Å². The van der Waals surface area contributed by atoms with E-state index in [9.17, 15) is 4.79 Å². The van der Waals surface area contributed by atoms with Gasteiger partial charge in [-0.25, -0.2) is 4.79 Å². The average Bonchev–Trinajstić information content (AvgIpc) is 3.06. The van der Waals surface area contributed by atoms with Crippen LogP contribution in [0.15, 0.2) is 42.5 Å². The number of ether oxygens (including phenoxy) is 3. The Morgan fingerprint density at radius 2 is 1.65 bits per heavy atom. The van der Waals surface area contributed by atoms with E-state index >= 15 is 0 Å². The second kappa shape index (κ2) is 6.91. The zero-order valence-corrected chi connectivity index (χ0v) is 12.8. The molecule has 6 heteroatoms. The third-order valence-corrected chi connectivity index (χ3v) is 3.50. The summed E-state index contributed by atoms with van der Waals surface area (Å²) < 4.78 is 15.7. The second-order valence-electron chi connectivity index (χ2n) is 5.07. The number of urea groups is 1. The Bertz CT molecular complexity index is 685. The van der Waals surface area contributed by atoms with E-state index in [4.69, 9.17) is 14.2 Å². The molecule has 120 valence electrons. The fourth-order valence-corrected chi connectivity index (χ4v) is 2.22. The number of hydrogen-bond donors (Lipinski definition) is 2. The zero-order valence-electron chi connectivity index (χ0n) is 12.8. The molecule has 0 saturated heterocycles. The molecule has 2 N–H and O–H groups in total. The Kier molecular flexibility index (Phi) is 4.52. The number of methoxy groups -OCH3 is 1. The summed E-state index contributed by atoms with van der Waals surface area (Å²) in [6.07, 6.45) is 0. The van der Waals surface area contributed by atoms with Crippen molar-refractivity contribution in [2.75, 3.05) is 13.9 Å². The van der Waals surface area contributed by atoms with E-state index in [1.54, 1.807) is 7.11 Å². The van der Waals surface area contributed by atoms with E-state index in [0.29, 0.717) is 18.8 Å². The minimum atomic E-state index is -0.224. The molecule has 3 rings (SSSR count). The molecule has 2 amide bonds. The third kappa shape index (κ3) is 3.85.